The molecule has 3 heterocycles. The fourth-order valence-electron chi connectivity index (χ4n) is 3.70. The van der Waals surface area contributed by atoms with Crippen molar-refractivity contribution in [2.75, 3.05) is 26.7 Å². The van der Waals surface area contributed by atoms with Crippen LogP contribution in [-0.2, 0) is 0 Å². The molecule has 3 atom stereocenters. The number of hydrogen-bond donors (Lipinski definition) is 1. The Bertz CT molecular complexity index is 1100. The van der Waals surface area contributed by atoms with E-state index in [1.165, 1.54) is 23.5 Å². The van der Waals surface area contributed by atoms with E-state index in [1.54, 1.807) is 31.1 Å². The molecule has 0 bridgehead atoms. The third-order valence-electron chi connectivity index (χ3n) is 5.85. The summed E-state index contributed by atoms with van der Waals surface area (Å²) in [5, 5.41) is 9.81. The molecule has 1 aliphatic rings. The maximum Gasteiger partial charge on any atom is 0.273 e. The number of pyridine rings is 1. The van der Waals surface area contributed by atoms with Crippen molar-refractivity contribution in [1.29, 1.82) is 0 Å². The fourth-order valence-corrected chi connectivity index (χ4v) is 3.70. The van der Waals surface area contributed by atoms with Gasteiger partial charge in [0.1, 0.15) is 17.4 Å². The zero-order chi connectivity index (χ0) is 25.5. The Morgan fingerprint density at radius 1 is 1.29 bits per heavy atom. The standard InChI is InChI=1S/C26H33N5O4/c1-17(2)7-6-8-20-11-21-24(29-12-20)35-23(18(3)14-31(25(21)33)19(4)16-32)15-30(5)26(34)22-13-27-9-10-28-22/h9-13,17-19,23,32H,7,14-16H2,1-5H3/t18-,19-,23+/m1/s1. The summed E-state index contributed by atoms with van der Waals surface area (Å²) in [5.74, 6) is 6.12. The van der Waals surface area contributed by atoms with E-state index in [-0.39, 0.29) is 42.5 Å². The first-order valence-corrected chi connectivity index (χ1v) is 11.8. The lowest BCUT2D eigenvalue weighted by molar-refractivity contribution is 0.0312. The molecule has 0 fully saturated rings. The van der Waals surface area contributed by atoms with E-state index in [2.05, 4.69) is 40.6 Å². The Morgan fingerprint density at radius 2 is 2.06 bits per heavy atom. The number of likely N-dealkylation sites (N-methyl/N-ethyl adjacent to an activating group) is 1. The first-order valence-electron chi connectivity index (χ1n) is 11.8. The summed E-state index contributed by atoms with van der Waals surface area (Å²) in [5.41, 5.74) is 1.15. The lowest BCUT2D eigenvalue weighted by Crippen LogP contribution is -2.50. The van der Waals surface area contributed by atoms with E-state index >= 15 is 0 Å². The number of carbonyl (C=O) groups excluding carboxylic acids is 2. The third-order valence-corrected chi connectivity index (χ3v) is 5.85. The van der Waals surface area contributed by atoms with Gasteiger partial charge >= 0.3 is 0 Å². The molecule has 0 saturated carbocycles. The van der Waals surface area contributed by atoms with Gasteiger partial charge in [0.25, 0.3) is 11.8 Å². The van der Waals surface area contributed by atoms with E-state index in [9.17, 15) is 14.7 Å². The summed E-state index contributed by atoms with van der Waals surface area (Å²) < 4.78 is 6.24. The molecule has 1 N–H and O–H groups in total. The van der Waals surface area contributed by atoms with Crippen LogP contribution in [0.5, 0.6) is 5.88 Å². The van der Waals surface area contributed by atoms with Crippen molar-refractivity contribution in [2.45, 2.75) is 46.3 Å². The third kappa shape index (κ3) is 6.55. The molecule has 1 aliphatic heterocycles. The van der Waals surface area contributed by atoms with E-state index < -0.39 is 12.1 Å². The van der Waals surface area contributed by atoms with Gasteiger partial charge in [-0.1, -0.05) is 32.6 Å². The van der Waals surface area contributed by atoms with Crippen LogP contribution in [0.4, 0.5) is 0 Å². The smallest absolute Gasteiger partial charge is 0.273 e. The Labute approximate surface area is 206 Å². The van der Waals surface area contributed by atoms with Crippen LogP contribution in [0.1, 0.15) is 60.5 Å². The number of ether oxygens (including phenoxy) is 1. The van der Waals surface area contributed by atoms with Crippen LogP contribution in [-0.4, -0.2) is 80.6 Å². The number of aromatic nitrogens is 3. The van der Waals surface area contributed by atoms with Crippen molar-refractivity contribution in [3.63, 3.8) is 0 Å². The molecule has 35 heavy (non-hydrogen) atoms. The van der Waals surface area contributed by atoms with E-state index in [0.717, 1.165) is 6.42 Å². The molecule has 0 saturated heterocycles. The predicted octanol–water partition coefficient (Wildman–Crippen LogP) is 2.26. The number of aliphatic hydroxyl groups excluding tert-OH is 1. The predicted molar refractivity (Wildman–Crippen MR) is 131 cm³/mol. The quantitative estimate of drug-likeness (QED) is 0.633. The minimum atomic E-state index is -0.453. The topological polar surface area (TPSA) is 109 Å². The van der Waals surface area contributed by atoms with Gasteiger partial charge in [-0.3, -0.25) is 14.6 Å². The summed E-state index contributed by atoms with van der Waals surface area (Å²) in [6.07, 6.45) is 6.28. The van der Waals surface area contributed by atoms with Gasteiger partial charge in [0.2, 0.25) is 5.88 Å². The van der Waals surface area contributed by atoms with Gasteiger partial charge in [0, 0.05) is 50.1 Å². The van der Waals surface area contributed by atoms with Crippen molar-refractivity contribution in [2.24, 2.45) is 11.8 Å². The summed E-state index contributed by atoms with van der Waals surface area (Å²) in [4.78, 5) is 41.9. The average Bonchev–Trinajstić information content (AvgIpc) is 2.85. The summed E-state index contributed by atoms with van der Waals surface area (Å²) in [6.45, 7) is 8.35. The molecular formula is C26H33N5O4. The zero-order valence-corrected chi connectivity index (χ0v) is 20.9. The van der Waals surface area contributed by atoms with Crippen LogP contribution in [0.25, 0.3) is 0 Å². The number of rotatable bonds is 6. The van der Waals surface area contributed by atoms with Gasteiger partial charge < -0.3 is 19.6 Å². The highest BCUT2D eigenvalue weighted by molar-refractivity contribution is 5.97. The monoisotopic (exact) mass is 479 g/mol. The second-order valence-electron chi connectivity index (χ2n) is 9.38. The van der Waals surface area contributed by atoms with Crippen LogP contribution in [0, 0.1) is 23.7 Å². The molecule has 0 aliphatic carbocycles. The number of hydrogen-bond acceptors (Lipinski definition) is 7. The molecule has 0 spiro atoms. The number of nitrogens with zero attached hydrogens (tertiary/aromatic N) is 5. The summed E-state index contributed by atoms with van der Waals surface area (Å²) in [7, 11) is 1.67. The molecule has 0 unspecified atom stereocenters. The highest BCUT2D eigenvalue weighted by Gasteiger charge is 2.34. The number of amides is 2. The van der Waals surface area contributed by atoms with Crippen LogP contribution < -0.4 is 4.74 Å². The number of aliphatic hydroxyl groups is 1. The lowest BCUT2D eigenvalue weighted by Gasteiger charge is -2.37. The molecule has 9 heteroatoms. The van der Waals surface area contributed by atoms with Gasteiger partial charge in [0.05, 0.1) is 25.4 Å². The normalized spacial score (nSPS) is 18.5. The summed E-state index contributed by atoms with van der Waals surface area (Å²) >= 11 is 0. The van der Waals surface area contributed by atoms with E-state index in [1.807, 2.05) is 6.92 Å². The minimum Gasteiger partial charge on any atom is -0.472 e. The van der Waals surface area contributed by atoms with Crippen LogP contribution >= 0.6 is 0 Å². The van der Waals surface area contributed by atoms with Gasteiger partial charge in [-0.25, -0.2) is 9.97 Å². The van der Waals surface area contributed by atoms with Crippen LogP contribution in [0.2, 0.25) is 0 Å². The molecule has 0 radical (unpaired) electrons. The van der Waals surface area contributed by atoms with Crippen molar-refractivity contribution in [1.82, 2.24) is 24.8 Å². The molecule has 9 nitrogen and oxygen atoms in total. The molecule has 186 valence electrons. The molecule has 2 amide bonds. The second-order valence-corrected chi connectivity index (χ2v) is 9.38. The van der Waals surface area contributed by atoms with Gasteiger partial charge in [-0.05, 0) is 18.9 Å². The Morgan fingerprint density at radius 3 is 2.71 bits per heavy atom. The largest absolute Gasteiger partial charge is 0.472 e. The van der Waals surface area contributed by atoms with Crippen molar-refractivity contribution < 1.29 is 19.4 Å². The average molecular weight is 480 g/mol. The zero-order valence-electron chi connectivity index (χ0n) is 20.9. The number of fused-ring (bicyclic) bond motifs is 1. The second kappa shape index (κ2) is 11.8. The molecule has 2 aromatic heterocycles. The SMILES string of the molecule is CC(C)CC#Cc1cnc2c(c1)C(=O)N([C@H](C)CO)C[C@@H](C)[C@H](CN(C)C(=O)c1cnccn1)O2. The van der Waals surface area contributed by atoms with E-state index in [4.69, 9.17) is 4.74 Å². The fraction of sp³-hybridized carbons (Fsp3) is 0.500. The highest BCUT2D eigenvalue weighted by Crippen LogP contribution is 2.27. The van der Waals surface area contributed by atoms with Gasteiger partial charge in [0.15, 0.2) is 0 Å². The molecule has 0 aromatic carbocycles. The first-order chi connectivity index (χ1) is 16.7. The van der Waals surface area contributed by atoms with E-state index in [0.29, 0.717) is 23.6 Å². The maximum atomic E-state index is 13.5. The van der Waals surface area contributed by atoms with Crippen molar-refractivity contribution >= 4 is 11.8 Å². The number of carbonyl (C=O) groups is 2. The van der Waals surface area contributed by atoms with Crippen molar-refractivity contribution in [3.05, 3.63) is 47.7 Å². The Balaban J connectivity index is 1.93. The Hall–Kier alpha value is -3.51. The highest BCUT2D eigenvalue weighted by atomic mass is 16.5. The minimum absolute atomic E-state index is 0.148. The van der Waals surface area contributed by atoms with Crippen LogP contribution in [0.3, 0.4) is 0 Å². The Kier molecular flexibility index (Phi) is 8.77. The molecular weight excluding hydrogens is 446 g/mol. The maximum absolute atomic E-state index is 13.5. The van der Waals surface area contributed by atoms with Crippen molar-refractivity contribution in [3.8, 4) is 17.7 Å². The molecule has 2 aromatic rings. The van der Waals surface area contributed by atoms with Gasteiger partial charge in [-0.15, -0.1) is 0 Å². The van der Waals surface area contributed by atoms with Crippen LogP contribution in [0.15, 0.2) is 30.9 Å². The summed E-state index contributed by atoms with van der Waals surface area (Å²) in [6, 6.07) is 1.29. The first kappa shape index (κ1) is 26.1. The lowest BCUT2D eigenvalue weighted by atomic mass is 9.99. The van der Waals surface area contributed by atoms with Gasteiger partial charge in [-0.2, -0.15) is 0 Å². The molecule has 3 rings (SSSR count).